The fourth-order valence-corrected chi connectivity index (χ4v) is 3.30. The Morgan fingerprint density at radius 3 is 2.70 bits per heavy atom. The zero-order chi connectivity index (χ0) is 16.4. The second kappa shape index (κ2) is 6.54. The topological polar surface area (TPSA) is 70.2 Å². The molecule has 2 heterocycles. The van der Waals surface area contributed by atoms with E-state index < -0.39 is 0 Å². The van der Waals surface area contributed by atoms with Gasteiger partial charge in [-0.2, -0.15) is 0 Å². The molecule has 1 unspecified atom stereocenters. The number of aryl methyl sites for hydroxylation is 1. The van der Waals surface area contributed by atoms with Crippen LogP contribution in [0.15, 0.2) is 23.7 Å². The molecule has 1 aliphatic carbocycles. The van der Waals surface area contributed by atoms with Gasteiger partial charge in [0.1, 0.15) is 10.8 Å². The van der Waals surface area contributed by atoms with Gasteiger partial charge in [-0.05, 0) is 37.8 Å². The maximum absolute atomic E-state index is 12.3. The van der Waals surface area contributed by atoms with Gasteiger partial charge in [-0.1, -0.05) is 0 Å². The third kappa shape index (κ3) is 3.98. The summed E-state index contributed by atoms with van der Waals surface area (Å²) in [4.78, 5) is 23.0. The fraction of sp³-hybridized carbons (Fsp3) is 0.438. The highest BCUT2D eigenvalue weighted by atomic mass is 32.1. The first-order valence-corrected chi connectivity index (χ1v) is 8.54. The number of pyridine rings is 1. The van der Waals surface area contributed by atoms with E-state index in [-0.39, 0.29) is 12.1 Å². The Bertz CT molecular complexity index is 678. The highest BCUT2D eigenvalue weighted by molar-refractivity contribution is 7.09. The van der Waals surface area contributed by atoms with Gasteiger partial charge in [-0.15, -0.1) is 11.3 Å². The Hall–Kier alpha value is -2.15. The molecule has 0 aromatic carbocycles. The summed E-state index contributed by atoms with van der Waals surface area (Å²) < 4.78 is 0. The number of anilines is 2. The largest absolute Gasteiger partial charge is 0.363 e. The summed E-state index contributed by atoms with van der Waals surface area (Å²) in [6, 6.07) is 3.51. The second-order valence-electron chi connectivity index (χ2n) is 6.04. The van der Waals surface area contributed by atoms with Crippen molar-refractivity contribution in [3.8, 4) is 0 Å². The van der Waals surface area contributed by atoms with Crippen molar-refractivity contribution in [3.63, 3.8) is 0 Å². The Morgan fingerprint density at radius 2 is 2.17 bits per heavy atom. The lowest BCUT2D eigenvalue weighted by atomic mass is 10.2. The number of nitrogens with zero attached hydrogens (tertiary/aromatic N) is 3. The van der Waals surface area contributed by atoms with Crippen molar-refractivity contribution in [2.24, 2.45) is 5.92 Å². The molecular weight excluding hydrogens is 310 g/mol. The van der Waals surface area contributed by atoms with E-state index in [9.17, 15) is 4.79 Å². The maximum Gasteiger partial charge on any atom is 0.319 e. The summed E-state index contributed by atoms with van der Waals surface area (Å²) in [7, 11) is 3.86. The molecule has 23 heavy (non-hydrogen) atoms. The van der Waals surface area contributed by atoms with E-state index in [1.807, 2.05) is 43.4 Å². The van der Waals surface area contributed by atoms with Gasteiger partial charge >= 0.3 is 6.03 Å². The van der Waals surface area contributed by atoms with Gasteiger partial charge in [0.15, 0.2) is 0 Å². The number of urea groups is 1. The van der Waals surface area contributed by atoms with Crippen LogP contribution in [0.25, 0.3) is 0 Å². The monoisotopic (exact) mass is 331 g/mol. The molecule has 0 radical (unpaired) electrons. The lowest BCUT2D eigenvalue weighted by Crippen LogP contribution is -2.33. The minimum atomic E-state index is -0.214. The molecule has 0 saturated heterocycles. The SMILES string of the molecule is Cc1csc(C(NC(=O)Nc2ccc(N(C)C)nc2)C2CC2)n1. The number of thiazole rings is 1. The number of hydrogen-bond donors (Lipinski definition) is 2. The standard InChI is InChI=1S/C16H21N5OS/c1-10-9-23-15(18-10)14(11-4-5-11)20-16(22)19-12-6-7-13(17-8-12)21(2)3/h6-9,11,14H,4-5H2,1-3H3,(H2,19,20,22). The minimum absolute atomic E-state index is 0.00251. The molecule has 6 nitrogen and oxygen atoms in total. The summed E-state index contributed by atoms with van der Waals surface area (Å²) >= 11 is 1.61. The molecule has 1 atom stereocenters. The Morgan fingerprint density at radius 1 is 1.39 bits per heavy atom. The zero-order valence-electron chi connectivity index (χ0n) is 13.5. The molecular formula is C16H21N5OS. The predicted octanol–water partition coefficient (Wildman–Crippen LogP) is 3.19. The van der Waals surface area contributed by atoms with E-state index in [2.05, 4.69) is 20.6 Å². The number of amides is 2. The van der Waals surface area contributed by atoms with Crippen LogP contribution < -0.4 is 15.5 Å². The molecule has 2 N–H and O–H groups in total. The highest BCUT2D eigenvalue weighted by Crippen LogP contribution is 2.41. The first-order chi connectivity index (χ1) is 11.0. The van der Waals surface area contributed by atoms with Crippen LogP contribution in [0.3, 0.4) is 0 Å². The lowest BCUT2D eigenvalue weighted by Gasteiger charge is -2.17. The number of nitrogens with one attached hydrogen (secondary N) is 2. The van der Waals surface area contributed by atoms with Crippen molar-refractivity contribution in [2.75, 3.05) is 24.3 Å². The summed E-state index contributed by atoms with van der Waals surface area (Å²) in [6.07, 6.45) is 3.94. The molecule has 3 rings (SSSR count). The van der Waals surface area contributed by atoms with Gasteiger partial charge in [0.05, 0.1) is 17.9 Å². The Kier molecular flexibility index (Phi) is 4.47. The van der Waals surface area contributed by atoms with Crippen LogP contribution in [0.1, 0.15) is 29.6 Å². The molecule has 1 aliphatic rings. The molecule has 122 valence electrons. The molecule has 0 bridgehead atoms. The molecule has 2 aromatic heterocycles. The van der Waals surface area contributed by atoms with Crippen molar-refractivity contribution in [1.82, 2.24) is 15.3 Å². The van der Waals surface area contributed by atoms with E-state index >= 15 is 0 Å². The van der Waals surface area contributed by atoms with Gasteiger partial charge in [-0.25, -0.2) is 14.8 Å². The first-order valence-electron chi connectivity index (χ1n) is 7.66. The van der Waals surface area contributed by atoms with Crippen molar-refractivity contribution in [1.29, 1.82) is 0 Å². The molecule has 0 aliphatic heterocycles. The summed E-state index contributed by atoms with van der Waals surface area (Å²) in [6.45, 7) is 1.97. The number of rotatable bonds is 5. The van der Waals surface area contributed by atoms with Crippen LogP contribution in [0.5, 0.6) is 0 Å². The van der Waals surface area contributed by atoms with Gasteiger partial charge in [0.25, 0.3) is 0 Å². The van der Waals surface area contributed by atoms with E-state index in [1.165, 1.54) is 0 Å². The summed E-state index contributed by atoms with van der Waals surface area (Å²) in [5.74, 6) is 1.35. The molecule has 2 aromatic rings. The first kappa shape index (κ1) is 15.7. The zero-order valence-corrected chi connectivity index (χ0v) is 14.4. The van der Waals surface area contributed by atoms with Gasteiger partial charge < -0.3 is 15.5 Å². The number of hydrogen-bond acceptors (Lipinski definition) is 5. The maximum atomic E-state index is 12.3. The normalized spacial score (nSPS) is 15.1. The van der Waals surface area contributed by atoms with E-state index in [0.717, 1.165) is 29.4 Å². The lowest BCUT2D eigenvalue weighted by molar-refractivity contribution is 0.247. The van der Waals surface area contributed by atoms with Crippen molar-refractivity contribution < 1.29 is 4.79 Å². The van der Waals surface area contributed by atoms with Crippen LogP contribution in [-0.4, -0.2) is 30.1 Å². The van der Waals surface area contributed by atoms with Crippen molar-refractivity contribution >= 4 is 28.9 Å². The van der Waals surface area contributed by atoms with Gasteiger partial charge in [-0.3, -0.25) is 0 Å². The van der Waals surface area contributed by atoms with E-state index in [0.29, 0.717) is 11.6 Å². The average molecular weight is 331 g/mol. The summed E-state index contributed by atoms with van der Waals surface area (Å²) in [5.41, 5.74) is 1.68. The molecule has 1 saturated carbocycles. The summed E-state index contributed by atoms with van der Waals surface area (Å²) in [5, 5.41) is 8.91. The van der Waals surface area contributed by atoms with Crippen LogP contribution in [-0.2, 0) is 0 Å². The van der Waals surface area contributed by atoms with Crippen molar-refractivity contribution in [2.45, 2.75) is 25.8 Å². The smallest absolute Gasteiger partial charge is 0.319 e. The fourth-order valence-electron chi connectivity index (χ4n) is 2.36. The second-order valence-corrected chi connectivity index (χ2v) is 6.93. The number of carbonyl (C=O) groups is 1. The van der Waals surface area contributed by atoms with Gasteiger partial charge in [0, 0.05) is 25.2 Å². The predicted molar refractivity (Wildman–Crippen MR) is 93.0 cm³/mol. The molecule has 7 heteroatoms. The number of carbonyl (C=O) groups excluding carboxylic acids is 1. The third-order valence-corrected chi connectivity index (χ3v) is 4.79. The van der Waals surface area contributed by atoms with Crippen LogP contribution in [0.4, 0.5) is 16.3 Å². The Balaban J connectivity index is 1.63. The Labute approximate surface area is 140 Å². The highest BCUT2D eigenvalue weighted by Gasteiger charge is 2.35. The quantitative estimate of drug-likeness (QED) is 0.883. The number of aromatic nitrogens is 2. The third-order valence-electron chi connectivity index (χ3n) is 3.75. The van der Waals surface area contributed by atoms with Crippen molar-refractivity contribution in [3.05, 3.63) is 34.4 Å². The minimum Gasteiger partial charge on any atom is -0.363 e. The van der Waals surface area contributed by atoms with Crippen LogP contribution in [0, 0.1) is 12.8 Å². The van der Waals surface area contributed by atoms with E-state index in [1.54, 1.807) is 17.5 Å². The van der Waals surface area contributed by atoms with Crippen LogP contribution in [0.2, 0.25) is 0 Å². The average Bonchev–Trinajstić information content (AvgIpc) is 3.27. The van der Waals surface area contributed by atoms with E-state index in [4.69, 9.17) is 0 Å². The molecule has 0 spiro atoms. The molecule has 1 fully saturated rings. The molecule has 2 amide bonds. The van der Waals surface area contributed by atoms with Gasteiger partial charge in [0.2, 0.25) is 0 Å². The van der Waals surface area contributed by atoms with Crippen LogP contribution >= 0.6 is 11.3 Å².